The van der Waals surface area contributed by atoms with Gasteiger partial charge in [0.05, 0.1) is 6.61 Å². The molecule has 0 aliphatic heterocycles. The average Bonchev–Trinajstić information content (AvgIpc) is 1.88. The molecule has 1 aromatic rings. The third-order valence-electron chi connectivity index (χ3n) is 1.10. The van der Waals surface area contributed by atoms with Crippen molar-refractivity contribution in [3.05, 3.63) is 27.5 Å². The predicted octanol–water partition coefficient (Wildman–Crippen LogP) is 1.99. The van der Waals surface area contributed by atoms with Crippen LogP contribution >= 0.6 is 27.5 Å². The minimum Gasteiger partial charge on any atom is -0.392 e. The Morgan fingerprint density at radius 3 is 2.80 bits per heavy atom. The molecule has 1 heterocycles. The van der Waals surface area contributed by atoms with Gasteiger partial charge in [-0.05, 0) is 6.07 Å². The van der Waals surface area contributed by atoms with Crippen LogP contribution in [0.3, 0.4) is 0 Å². The minimum atomic E-state index is -0.0900. The van der Waals surface area contributed by atoms with Crippen LogP contribution in [0.15, 0.2) is 16.7 Å². The molecule has 1 aromatic heterocycles. The average molecular weight is 222 g/mol. The van der Waals surface area contributed by atoms with Gasteiger partial charge in [-0.15, -0.1) is 0 Å². The van der Waals surface area contributed by atoms with Crippen molar-refractivity contribution in [2.45, 2.75) is 6.61 Å². The predicted molar refractivity (Wildman–Crippen MR) is 42.9 cm³/mol. The van der Waals surface area contributed by atoms with E-state index in [1.165, 1.54) is 0 Å². The highest BCUT2D eigenvalue weighted by Gasteiger charge is 2.02. The van der Waals surface area contributed by atoms with Crippen molar-refractivity contribution in [1.82, 2.24) is 4.98 Å². The number of nitrogens with zero attached hydrogens (tertiary/aromatic N) is 1. The van der Waals surface area contributed by atoms with E-state index in [1.54, 1.807) is 12.3 Å². The molecule has 54 valence electrons. The van der Waals surface area contributed by atoms with Gasteiger partial charge < -0.3 is 5.11 Å². The molecule has 0 atom stereocenters. The van der Waals surface area contributed by atoms with Crippen LogP contribution in [0.2, 0.25) is 5.15 Å². The molecule has 1 rings (SSSR count). The Kier molecular flexibility index (Phi) is 2.65. The Hall–Kier alpha value is -0.120. The highest BCUT2D eigenvalue weighted by molar-refractivity contribution is 9.10. The molecule has 0 fully saturated rings. The van der Waals surface area contributed by atoms with E-state index in [0.29, 0.717) is 10.7 Å². The van der Waals surface area contributed by atoms with Crippen LogP contribution in [0.1, 0.15) is 5.56 Å². The van der Waals surface area contributed by atoms with Crippen molar-refractivity contribution >= 4 is 27.5 Å². The second kappa shape index (κ2) is 3.32. The van der Waals surface area contributed by atoms with Crippen molar-refractivity contribution in [1.29, 1.82) is 0 Å². The smallest absolute Gasteiger partial charge is 0.135 e. The van der Waals surface area contributed by atoms with E-state index in [9.17, 15) is 0 Å². The summed E-state index contributed by atoms with van der Waals surface area (Å²) in [6.45, 7) is -0.0900. The molecular formula is C6H5BrClNO. The van der Waals surface area contributed by atoms with Crippen LogP contribution in [0.25, 0.3) is 0 Å². The zero-order valence-electron chi connectivity index (χ0n) is 5.01. The van der Waals surface area contributed by atoms with Gasteiger partial charge in [-0.2, -0.15) is 0 Å². The number of hydrogen-bond donors (Lipinski definition) is 1. The lowest BCUT2D eigenvalue weighted by atomic mass is 10.3. The summed E-state index contributed by atoms with van der Waals surface area (Å²) in [6, 6.07) is 1.73. The van der Waals surface area contributed by atoms with E-state index in [2.05, 4.69) is 20.9 Å². The molecule has 2 nitrogen and oxygen atoms in total. The fourth-order valence-corrected chi connectivity index (χ4v) is 1.35. The first-order valence-electron chi connectivity index (χ1n) is 2.65. The molecule has 0 unspecified atom stereocenters. The Morgan fingerprint density at radius 2 is 2.40 bits per heavy atom. The molecule has 0 saturated heterocycles. The summed E-state index contributed by atoms with van der Waals surface area (Å²) in [5.41, 5.74) is 0.629. The lowest BCUT2D eigenvalue weighted by molar-refractivity contribution is 0.280. The second-order valence-electron chi connectivity index (χ2n) is 1.72. The third-order valence-corrected chi connectivity index (χ3v) is 2.17. The Balaban J connectivity index is 3.17. The molecule has 0 aliphatic carbocycles. The van der Waals surface area contributed by atoms with Crippen LogP contribution in [0.4, 0.5) is 0 Å². The quantitative estimate of drug-likeness (QED) is 0.737. The van der Waals surface area contributed by atoms with E-state index >= 15 is 0 Å². The van der Waals surface area contributed by atoms with E-state index in [-0.39, 0.29) is 6.61 Å². The molecule has 0 radical (unpaired) electrons. The van der Waals surface area contributed by atoms with Crippen LogP contribution in [-0.4, -0.2) is 10.1 Å². The zero-order valence-corrected chi connectivity index (χ0v) is 7.35. The maximum Gasteiger partial charge on any atom is 0.135 e. The first-order chi connectivity index (χ1) is 4.75. The highest BCUT2D eigenvalue weighted by Crippen LogP contribution is 2.21. The zero-order chi connectivity index (χ0) is 7.56. The summed E-state index contributed by atoms with van der Waals surface area (Å²) in [5, 5.41) is 9.09. The minimum absolute atomic E-state index is 0.0900. The van der Waals surface area contributed by atoms with Crippen molar-refractivity contribution < 1.29 is 5.11 Å². The molecule has 0 spiro atoms. The van der Waals surface area contributed by atoms with Crippen LogP contribution < -0.4 is 0 Å². The van der Waals surface area contributed by atoms with Crippen LogP contribution in [0.5, 0.6) is 0 Å². The summed E-state index contributed by atoms with van der Waals surface area (Å²) in [5.74, 6) is 0. The van der Waals surface area contributed by atoms with Crippen molar-refractivity contribution in [3.8, 4) is 0 Å². The van der Waals surface area contributed by atoms with Crippen LogP contribution in [0, 0.1) is 0 Å². The van der Waals surface area contributed by atoms with Gasteiger partial charge in [0.15, 0.2) is 0 Å². The molecule has 0 aromatic carbocycles. The number of halogens is 2. The largest absolute Gasteiger partial charge is 0.392 e. The first kappa shape index (κ1) is 7.98. The van der Waals surface area contributed by atoms with Gasteiger partial charge in [0.1, 0.15) is 5.15 Å². The Bertz CT molecular complexity index is 221. The summed E-state index contributed by atoms with van der Waals surface area (Å²) in [4.78, 5) is 3.79. The van der Waals surface area contributed by atoms with Crippen molar-refractivity contribution in [2.75, 3.05) is 0 Å². The summed E-state index contributed by atoms with van der Waals surface area (Å²) >= 11 is 8.85. The van der Waals surface area contributed by atoms with Crippen molar-refractivity contribution in [3.63, 3.8) is 0 Å². The van der Waals surface area contributed by atoms with Gasteiger partial charge in [-0.3, -0.25) is 0 Å². The molecule has 1 N–H and O–H groups in total. The second-order valence-corrected chi connectivity index (χ2v) is 2.93. The maximum absolute atomic E-state index is 8.74. The highest BCUT2D eigenvalue weighted by atomic mass is 79.9. The molecule has 0 saturated carbocycles. The fraction of sp³-hybridized carbons (Fsp3) is 0.167. The lowest BCUT2D eigenvalue weighted by Gasteiger charge is -1.99. The van der Waals surface area contributed by atoms with Crippen LogP contribution in [-0.2, 0) is 6.61 Å². The lowest BCUT2D eigenvalue weighted by Crippen LogP contribution is -1.88. The molecule has 4 heteroatoms. The number of aromatic nitrogens is 1. The Labute approximate surface area is 72.0 Å². The number of rotatable bonds is 1. The van der Waals surface area contributed by atoms with E-state index in [1.807, 2.05) is 0 Å². The number of aliphatic hydroxyl groups excluding tert-OH is 1. The van der Waals surface area contributed by atoms with E-state index in [0.717, 1.165) is 4.47 Å². The van der Waals surface area contributed by atoms with Gasteiger partial charge >= 0.3 is 0 Å². The maximum atomic E-state index is 8.74. The van der Waals surface area contributed by atoms with Gasteiger partial charge in [-0.25, -0.2) is 4.98 Å². The summed E-state index contributed by atoms with van der Waals surface area (Å²) in [6.07, 6.45) is 1.57. The van der Waals surface area contributed by atoms with Gasteiger partial charge in [0.25, 0.3) is 0 Å². The van der Waals surface area contributed by atoms with Gasteiger partial charge in [0, 0.05) is 16.2 Å². The first-order valence-corrected chi connectivity index (χ1v) is 3.82. The molecule has 10 heavy (non-hydrogen) atoms. The molecule has 0 bridgehead atoms. The third kappa shape index (κ3) is 1.48. The Morgan fingerprint density at radius 1 is 1.70 bits per heavy atom. The van der Waals surface area contributed by atoms with Gasteiger partial charge in [0.2, 0.25) is 0 Å². The topological polar surface area (TPSA) is 33.1 Å². The van der Waals surface area contributed by atoms with E-state index in [4.69, 9.17) is 16.7 Å². The monoisotopic (exact) mass is 221 g/mol. The number of pyridine rings is 1. The summed E-state index contributed by atoms with van der Waals surface area (Å²) < 4.78 is 0.787. The summed E-state index contributed by atoms with van der Waals surface area (Å²) in [7, 11) is 0. The normalized spacial score (nSPS) is 9.90. The SMILES string of the molecule is OCc1c(Br)ccnc1Cl. The number of aliphatic hydroxyl groups is 1. The standard InChI is InChI=1S/C6H5BrClNO/c7-5-1-2-9-6(8)4(5)3-10/h1-2,10H,3H2. The van der Waals surface area contributed by atoms with E-state index < -0.39 is 0 Å². The van der Waals surface area contributed by atoms with Crippen molar-refractivity contribution in [2.24, 2.45) is 0 Å². The molecule has 0 amide bonds. The van der Waals surface area contributed by atoms with Gasteiger partial charge in [-0.1, -0.05) is 27.5 Å². The molecule has 0 aliphatic rings. The number of hydrogen-bond acceptors (Lipinski definition) is 2. The molecular weight excluding hydrogens is 217 g/mol. The fourth-order valence-electron chi connectivity index (χ4n) is 0.586.